The SMILES string of the molecule is Cc1nc2sc3c(c2c(=O)n1NC(=O)c1nn(C)c(C(F)(F)F)c1Cl)CCCC3. The number of rotatable bonds is 2. The molecule has 0 radical (unpaired) electrons. The lowest BCUT2D eigenvalue weighted by molar-refractivity contribution is -0.143. The van der Waals surface area contributed by atoms with Crippen LogP contribution in [0.5, 0.6) is 0 Å². The summed E-state index contributed by atoms with van der Waals surface area (Å²) in [4.78, 5) is 31.7. The maximum absolute atomic E-state index is 13.1. The number of nitrogens with one attached hydrogen (secondary N) is 1. The average Bonchev–Trinajstić information content (AvgIpc) is 3.14. The third-order valence-corrected chi connectivity index (χ3v) is 6.39. The maximum Gasteiger partial charge on any atom is 0.434 e. The molecule has 3 heterocycles. The molecule has 3 aromatic rings. The fraction of sp³-hybridized carbons (Fsp3) is 0.412. The molecule has 1 amide bonds. The highest BCUT2D eigenvalue weighted by Gasteiger charge is 2.40. The Morgan fingerprint density at radius 2 is 1.97 bits per heavy atom. The van der Waals surface area contributed by atoms with Crippen molar-refractivity contribution in [3.05, 3.63) is 43.0 Å². The van der Waals surface area contributed by atoms with E-state index in [0.717, 1.165) is 47.8 Å². The molecule has 1 aliphatic carbocycles. The molecule has 12 heteroatoms. The molecule has 1 aliphatic rings. The lowest BCUT2D eigenvalue weighted by Gasteiger charge is -2.12. The van der Waals surface area contributed by atoms with Crippen LogP contribution >= 0.6 is 22.9 Å². The van der Waals surface area contributed by atoms with Crippen LogP contribution in [0.2, 0.25) is 5.02 Å². The van der Waals surface area contributed by atoms with Crippen LogP contribution in [0.15, 0.2) is 4.79 Å². The minimum atomic E-state index is -4.78. The molecule has 0 fully saturated rings. The van der Waals surface area contributed by atoms with Crippen molar-refractivity contribution in [3.63, 3.8) is 0 Å². The van der Waals surface area contributed by atoms with E-state index >= 15 is 0 Å². The fourth-order valence-corrected chi connectivity index (χ4v) is 5.19. The molecule has 4 rings (SSSR count). The summed E-state index contributed by atoms with van der Waals surface area (Å²) in [5, 5.41) is 3.19. The molecule has 0 saturated heterocycles. The molecular formula is C17H15ClF3N5O2S. The Morgan fingerprint density at radius 3 is 2.62 bits per heavy atom. The van der Waals surface area contributed by atoms with E-state index in [9.17, 15) is 22.8 Å². The lowest BCUT2D eigenvalue weighted by atomic mass is 9.97. The summed E-state index contributed by atoms with van der Waals surface area (Å²) in [6.07, 6.45) is -1.14. The molecule has 1 N–H and O–H groups in total. The molecule has 154 valence electrons. The van der Waals surface area contributed by atoms with Gasteiger partial charge in [0.2, 0.25) is 0 Å². The second kappa shape index (κ2) is 6.84. The van der Waals surface area contributed by atoms with Gasteiger partial charge in [-0.25, -0.2) is 9.66 Å². The Kier molecular flexibility index (Phi) is 4.69. The molecule has 0 saturated carbocycles. The number of thiophene rings is 1. The van der Waals surface area contributed by atoms with Crippen molar-refractivity contribution in [2.75, 3.05) is 5.43 Å². The third kappa shape index (κ3) is 3.21. The molecule has 0 aliphatic heterocycles. The highest BCUT2D eigenvalue weighted by atomic mass is 35.5. The minimum absolute atomic E-state index is 0.206. The average molecular weight is 446 g/mol. The van der Waals surface area contributed by atoms with Crippen molar-refractivity contribution in [2.45, 2.75) is 38.8 Å². The van der Waals surface area contributed by atoms with Crippen molar-refractivity contribution in [1.82, 2.24) is 19.4 Å². The van der Waals surface area contributed by atoms with Crippen LogP contribution in [0.25, 0.3) is 10.2 Å². The van der Waals surface area contributed by atoms with Gasteiger partial charge in [-0.05, 0) is 38.2 Å². The van der Waals surface area contributed by atoms with Crippen molar-refractivity contribution in [3.8, 4) is 0 Å². The van der Waals surface area contributed by atoms with Crippen LogP contribution in [0.4, 0.5) is 13.2 Å². The van der Waals surface area contributed by atoms with Gasteiger partial charge in [0, 0.05) is 11.9 Å². The zero-order valence-electron chi connectivity index (χ0n) is 15.4. The molecule has 29 heavy (non-hydrogen) atoms. The zero-order valence-corrected chi connectivity index (χ0v) is 16.9. The number of carbonyl (C=O) groups excluding carboxylic acids is 1. The highest BCUT2D eigenvalue weighted by molar-refractivity contribution is 7.18. The highest BCUT2D eigenvalue weighted by Crippen LogP contribution is 2.36. The van der Waals surface area contributed by atoms with Crippen LogP contribution in [-0.4, -0.2) is 25.3 Å². The van der Waals surface area contributed by atoms with Crippen LogP contribution in [0, 0.1) is 6.92 Å². The van der Waals surface area contributed by atoms with Crippen LogP contribution in [0.1, 0.15) is 45.3 Å². The third-order valence-electron chi connectivity index (χ3n) is 4.84. The quantitative estimate of drug-likeness (QED) is 0.655. The van der Waals surface area contributed by atoms with Gasteiger partial charge in [0.05, 0.1) is 5.39 Å². The first-order valence-electron chi connectivity index (χ1n) is 8.74. The second-order valence-corrected chi connectivity index (χ2v) is 8.23. The number of aryl methyl sites for hydroxylation is 4. The molecule has 0 unspecified atom stereocenters. The van der Waals surface area contributed by atoms with Crippen LogP contribution < -0.4 is 11.0 Å². The van der Waals surface area contributed by atoms with E-state index < -0.39 is 34.1 Å². The number of nitrogens with zero attached hydrogens (tertiary/aromatic N) is 4. The summed E-state index contributed by atoms with van der Waals surface area (Å²) in [5.41, 5.74) is 0.897. The van der Waals surface area contributed by atoms with E-state index in [4.69, 9.17) is 11.6 Å². The van der Waals surface area contributed by atoms with E-state index in [1.54, 1.807) is 0 Å². The normalized spacial score (nSPS) is 14.3. The number of fused-ring (bicyclic) bond motifs is 3. The van der Waals surface area contributed by atoms with Gasteiger partial charge in [0.25, 0.3) is 11.5 Å². The molecule has 0 bridgehead atoms. The maximum atomic E-state index is 13.1. The first kappa shape index (κ1) is 19.9. The zero-order chi connectivity index (χ0) is 21.1. The molecule has 0 atom stereocenters. The van der Waals surface area contributed by atoms with Gasteiger partial charge in [-0.1, -0.05) is 11.6 Å². The van der Waals surface area contributed by atoms with E-state index in [2.05, 4.69) is 15.5 Å². The van der Waals surface area contributed by atoms with Crippen molar-refractivity contribution >= 4 is 39.1 Å². The summed E-state index contributed by atoms with van der Waals surface area (Å²) in [7, 11) is 1.04. The Morgan fingerprint density at radius 1 is 1.28 bits per heavy atom. The van der Waals surface area contributed by atoms with Crippen molar-refractivity contribution in [1.29, 1.82) is 0 Å². The molecule has 0 aromatic carbocycles. The van der Waals surface area contributed by atoms with E-state index in [-0.39, 0.29) is 5.82 Å². The molecule has 3 aromatic heterocycles. The van der Waals surface area contributed by atoms with Crippen LogP contribution in [-0.2, 0) is 26.1 Å². The number of amides is 1. The predicted octanol–water partition coefficient (Wildman–Crippen LogP) is 3.43. The van der Waals surface area contributed by atoms with E-state index in [1.165, 1.54) is 18.3 Å². The Bertz CT molecular complexity index is 1210. The van der Waals surface area contributed by atoms with Gasteiger partial charge in [-0.2, -0.15) is 18.3 Å². The lowest BCUT2D eigenvalue weighted by Crippen LogP contribution is -2.36. The Balaban J connectivity index is 1.77. The van der Waals surface area contributed by atoms with Gasteiger partial charge in [-0.15, -0.1) is 11.3 Å². The van der Waals surface area contributed by atoms with Crippen molar-refractivity contribution in [2.24, 2.45) is 7.05 Å². The summed E-state index contributed by atoms with van der Waals surface area (Å²) < 4.78 is 40.7. The van der Waals surface area contributed by atoms with Crippen LogP contribution in [0.3, 0.4) is 0 Å². The van der Waals surface area contributed by atoms with Gasteiger partial charge in [0.15, 0.2) is 11.4 Å². The minimum Gasteiger partial charge on any atom is -0.267 e. The number of halogens is 4. The predicted molar refractivity (Wildman–Crippen MR) is 102 cm³/mol. The smallest absolute Gasteiger partial charge is 0.267 e. The van der Waals surface area contributed by atoms with Gasteiger partial charge < -0.3 is 0 Å². The first-order valence-corrected chi connectivity index (χ1v) is 9.94. The number of hydrogen-bond acceptors (Lipinski definition) is 5. The summed E-state index contributed by atoms with van der Waals surface area (Å²) in [6.45, 7) is 1.53. The van der Waals surface area contributed by atoms with Gasteiger partial charge in [0.1, 0.15) is 15.7 Å². The Labute approximate surface area is 171 Å². The van der Waals surface area contributed by atoms with Gasteiger partial charge >= 0.3 is 6.18 Å². The first-order chi connectivity index (χ1) is 13.6. The summed E-state index contributed by atoms with van der Waals surface area (Å²) in [5.74, 6) is -0.825. The summed E-state index contributed by atoms with van der Waals surface area (Å²) in [6, 6.07) is 0. The molecule has 0 spiro atoms. The Hall–Kier alpha value is -2.40. The molecule has 7 nitrogen and oxygen atoms in total. The number of hydrogen-bond donors (Lipinski definition) is 1. The topological polar surface area (TPSA) is 81.8 Å². The largest absolute Gasteiger partial charge is 0.434 e. The molecular weight excluding hydrogens is 431 g/mol. The number of alkyl halides is 3. The van der Waals surface area contributed by atoms with E-state index in [1.807, 2.05) is 0 Å². The van der Waals surface area contributed by atoms with Gasteiger partial charge in [-0.3, -0.25) is 19.7 Å². The number of aromatic nitrogens is 4. The summed E-state index contributed by atoms with van der Waals surface area (Å²) >= 11 is 7.23. The monoisotopic (exact) mass is 445 g/mol. The fourth-order valence-electron chi connectivity index (χ4n) is 3.54. The standard InChI is InChI=1S/C17H15ClF3N5O2S/c1-7-22-15-10(8-5-3-4-6-9(8)29-15)16(28)26(7)24-14(27)12-11(18)13(17(19,20)21)25(2)23-12/h3-6H2,1-2H3,(H,24,27). The number of carbonyl (C=O) groups is 1. The van der Waals surface area contributed by atoms with E-state index in [0.29, 0.717) is 14.9 Å². The van der Waals surface area contributed by atoms with Crippen molar-refractivity contribution < 1.29 is 18.0 Å². The second-order valence-electron chi connectivity index (χ2n) is 6.76.